The summed E-state index contributed by atoms with van der Waals surface area (Å²) in [5.41, 5.74) is 0.421. The predicted octanol–water partition coefficient (Wildman–Crippen LogP) is 1.77. The number of nitrogens with one attached hydrogen (secondary N) is 1. The molecule has 1 aromatic carbocycles. The molecule has 0 saturated carbocycles. The molecule has 5 heteroatoms. The number of amides is 1. The van der Waals surface area contributed by atoms with Gasteiger partial charge in [-0.2, -0.15) is 0 Å². The van der Waals surface area contributed by atoms with Crippen molar-refractivity contribution < 1.29 is 4.79 Å². The van der Waals surface area contributed by atoms with Crippen LogP contribution in [0, 0.1) is 0 Å². The molecule has 3 rings (SSSR count). The number of fused-ring (bicyclic) bond motifs is 1. The Hall–Kier alpha value is -2.82. The fourth-order valence-electron chi connectivity index (χ4n) is 2.51. The van der Waals surface area contributed by atoms with Crippen LogP contribution in [0.5, 0.6) is 0 Å². The Morgan fingerprint density at radius 1 is 1.09 bits per heavy atom. The van der Waals surface area contributed by atoms with Crippen LogP contribution in [-0.2, 0) is 13.6 Å². The lowest BCUT2D eigenvalue weighted by Crippen LogP contribution is -2.29. The molecular weight excluding hydrogens is 278 g/mol. The Morgan fingerprint density at radius 2 is 1.77 bits per heavy atom. The van der Waals surface area contributed by atoms with Crippen molar-refractivity contribution in [2.75, 3.05) is 6.54 Å². The highest BCUT2D eigenvalue weighted by Gasteiger charge is 2.12. The van der Waals surface area contributed by atoms with Gasteiger partial charge in [0.05, 0.1) is 5.56 Å². The van der Waals surface area contributed by atoms with Gasteiger partial charge in [-0.15, -0.1) is 0 Å². The van der Waals surface area contributed by atoms with Crippen molar-refractivity contribution in [1.82, 2.24) is 14.5 Å². The van der Waals surface area contributed by atoms with E-state index in [1.807, 2.05) is 35.2 Å². The van der Waals surface area contributed by atoms with Crippen molar-refractivity contribution in [2.45, 2.75) is 6.54 Å². The zero-order valence-corrected chi connectivity index (χ0v) is 12.3. The number of hydrogen-bond acceptors (Lipinski definition) is 2. The monoisotopic (exact) mass is 295 g/mol. The van der Waals surface area contributed by atoms with Crippen molar-refractivity contribution in [3.63, 3.8) is 0 Å². The Kier molecular flexibility index (Phi) is 3.78. The lowest BCUT2D eigenvalue weighted by molar-refractivity contribution is 0.0953. The SMILES string of the molecule is Cn1cc(C(=O)NCCn2cccc2)c2ccccc2c1=O. The largest absolute Gasteiger partial charge is 0.353 e. The molecular formula is C17H17N3O2. The molecule has 2 heterocycles. The summed E-state index contributed by atoms with van der Waals surface area (Å²) in [6.45, 7) is 1.24. The number of rotatable bonds is 4. The number of pyridine rings is 1. The van der Waals surface area contributed by atoms with Crippen LogP contribution in [0.3, 0.4) is 0 Å². The molecule has 0 spiro atoms. The number of aromatic nitrogens is 2. The third-order valence-corrected chi connectivity index (χ3v) is 3.66. The maximum absolute atomic E-state index is 12.4. The molecule has 0 radical (unpaired) electrons. The van der Waals surface area contributed by atoms with E-state index in [-0.39, 0.29) is 11.5 Å². The second-order valence-corrected chi connectivity index (χ2v) is 5.18. The lowest BCUT2D eigenvalue weighted by Gasteiger charge is -2.10. The van der Waals surface area contributed by atoms with Crippen LogP contribution in [-0.4, -0.2) is 21.6 Å². The number of carbonyl (C=O) groups is 1. The molecule has 0 aliphatic carbocycles. The maximum atomic E-state index is 12.4. The summed E-state index contributed by atoms with van der Waals surface area (Å²) in [5, 5.41) is 4.14. The summed E-state index contributed by atoms with van der Waals surface area (Å²) in [5.74, 6) is -0.168. The lowest BCUT2D eigenvalue weighted by atomic mass is 10.1. The molecule has 3 aromatic rings. The summed E-state index contributed by atoms with van der Waals surface area (Å²) in [4.78, 5) is 24.5. The third kappa shape index (κ3) is 2.65. The summed E-state index contributed by atoms with van der Waals surface area (Å²) in [7, 11) is 1.66. The minimum Gasteiger partial charge on any atom is -0.353 e. The highest BCUT2D eigenvalue weighted by molar-refractivity contribution is 6.06. The summed E-state index contributed by atoms with van der Waals surface area (Å²) in [6, 6.07) is 11.1. The van der Waals surface area contributed by atoms with Gasteiger partial charge in [-0.05, 0) is 18.2 Å². The summed E-state index contributed by atoms with van der Waals surface area (Å²) >= 11 is 0. The second-order valence-electron chi connectivity index (χ2n) is 5.18. The van der Waals surface area contributed by atoms with E-state index in [0.717, 1.165) is 0 Å². The second kappa shape index (κ2) is 5.89. The van der Waals surface area contributed by atoms with E-state index < -0.39 is 0 Å². The molecule has 0 fully saturated rings. The Balaban J connectivity index is 1.84. The van der Waals surface area contributed by atoms with Gasteiger partial charge in [0.25, 0.3) is 11.5 Å². The fourth-order valence-corrected chi connectivity index (χ4v) is 2.51. The summed E-state index contributed by atoms with van der Waals surface area (Å²) in [6.07, 6.45) is 5.50. The van der Waals surface area contributed by atoms with Crippen LogP contribution in [0.25, 0.3) is 10.8 Å². The molecule has 22 heavy (non-hydrogen) atoms. The smallest absolute Gasteiger partial charge is 0.258 e. The third-order valence-electron chi connectivity index (χ3n) is 3.66. The van der Waals surface area contributed by atoms with Gasteiger partial charge in [-0.1, -0.05) is 18.2 Å². The zero-order valence-electron chi connectivity index (χ0n) is 12.3. The molecule has 0 unspecified atom stereocenters. The van der Waals surface area contributed by atoms with Gasteiger partial charge in [-0.25, -0.2) is 0 Å². The highest BCUT2D eigenvalue weighted by atomic mass is 16.2. The molecule has 0 bridgehead atoms. The average Bonchev–Trinajstić information content (AvgIpc) is 3.04. The van der Waals surface area contributed by atoms with Gasteiger partial charge < -0.3 is 14.5 Å². The van der Waals surface area contributed by atoms with E-state index in [4.69, 9.17) is 0 Å². The molecule has 1 N–H and O–H groups in total. The first kappa shape index (κ1) is 14.1. The van der Waals surface area contributed by atoms with Gasteiger partial charge in [0.1, 0.15) is 0 Å². The molecule has 0 aliphatic heterocycles. The van der Waals surface area contributed by atoms with Gasteiger partial charge in [0.15, 0.2) is 0 Å². The van der Waals surface area contributed by atoms with Crippen molar-refractivity contribution in [3.05, 3.63) is 70.9 Å². The van der Waals surface area contributed by atoms with Crippen LogP contribution in [0.4, 0.5) is 0 Å². The first-order valence-electron chi connectivity index (χ1n) is 7.14. The number of carbonyl (C=O) groups excluding carboxylic acids is 1. The number of nitrogens with zero attached hydrogens (tertiary/aromatic N) is 2. The number of hydrogen-bond donors (Lipinski definition) is 1. The van der Waals surface area contributed by atoms with Crippen LogP contribution in [0.1, 0.15) is 10.4 Å². The normalized spacial score (nSPS) is 10.8. The molecule has 0 aliphatic rings. The quantitative estimate of drug-likeness (QED) is 0.797. The van der Waals surface area contributed by atoms with Crippen molar-refractivity contribution in [3.8, 4) is 0 Å². The molecule has 1 amide bonds. The van der Waals surface area contributed by atoms with Crippen LogP contribution in [0.2, 0.25) is 0 Å². The Labute approximate surface area is 127 Å². The van der Waals surface area contributed by atoms with E-state index in [2.05, 4.69) is 5.32 Å². The minimum absolute atomic E-state index is 0.0977. The van der Waals surface area contributed by atoms with Crippen molar-refractivity contribution in [2.24, 2.45) is 7.05 Å². The van der Waals surface area contributed by atoms with Crippen LogP contribution in [0.15, 0.2) is 59.8 Å². The number of aryl methyl sites for hydroxylation is 1. The minimum atomic E-state index is -0.168. The van der Waals surface area contributed by atoms with Crippen molar-refractivity contribution >= 4 is 16.7 Å². The van der Waals surface area contributed by atoms with E-state index in [1.54, 1.807) is 31.4 Å². The van der Waals surface area contributed by atoms with Crippen LogP contribution < -0.4 is 10.9 Å². The van der Waals surface area contributed by atoms with Gasteiger partial charge in [-0.3, -0.25) is 9.59 Å². The first-order valence-corrected chi connectivity index (χ1v) is 7.14. The molecule has 112 valence electrons. The van der Waals surface area contributed by atoms with Gasteiger partial charge in [0.2, 0.25) is 0 Å². The standard InChI is InChI=1S/C17H17N3O2/c1-19-12-15(13-6-2-3-7-14(13)17(19)22)16(21)18-8-11-20-9-4-5-10-20/h2-7,9-10,12H,8,11H2,1H3,(H,18,21). The summed E-state index contributed by atoms with van der Waals surface area (Å²) < 4.78 is 3.45. The first-order chi connectivity index (χ1) is 10.7. The van der Waals surface area contributed by atoms with E-state index in [0.29, 0.717) is 29.4 Å². The molecule has 5 nitrogen and oxygen atoms in total. The topological polar surface area (TPSA) is 56.0 Å². The van der Waals surface area contributed by atoms with E-state index in [1.165, 1.54) is 4.57 Å². The molecule has 0 atom stereocenters. The van der Waals surface area contributed by atoms with Gasteiger partial charge >= 0.3 is 0 Å². The predicted molar refractivity (Wildman–Crippen MR) is 86.0 cm³/mol. The van der Waals surface area contributed by atoms with Crippen molar-refractivity contribution in [1.29, 1.82) is 0 Å². The maximum Gasteiger partial charge on any atom is 0.258 e. The van der Waals surface area contributed by atoms with E-state index in [9.17, 15) is 9.59 Å². The highest BCUT2D eigenvalue weighted by Crippen LogP contribution is 2.14. The average molecular weight is 295 g/mol. The zero-order chi connectivity index (χ0) is 15.5. The Morgan fingerprint density at radius 3 is 2.50 bits per heavy atom. The number of benzene rings is 1. The Bertz CT molecular complexity index is 863. The molecule has 0 saturated heterocycles. The molecule has 2 aromatic heterocycles. The van der Waals surface area contributed by atoms with Gasteiger partial charge in [0, 0.05) is 49.5 Å². The van der Waals surface area contributed by atoms with Crippen LogP contribution >= 0.6 is 0 Å². The van der Waals surface area contributed by atoms with E-state index >= 15 is 0 Å². The fraction of sp³-hybridized carbons (Fsp3) is 0.176.